The van der Waals surface area contributed by atoms with Crippen molar-refractivity contribution in [1.29, 1.82) is 0 Å². The van der Waals surface area contributed by atoms with Crippen molar-refractivity contribution < 1.29 is 0 Å². The van der Waals surface area contributed by atoms with Crippen molar-refractivity contribution in [2.24, 2.45) is 0 Å². The van der Waals surface area contributed by atoms with Crippen LogP contribution in [0.1, 0.15) is 44.5 Å². The lowest BCUT2D eigenvalue weighted by Crippen LogP contribution is -2.25. The number of hydrogen-bond donors (Lipinski definition) is 1. The van der Waals surface area contributed by atoms with Crippen LogP contribution in [0, 0.1) is 11.8 Å². The molecule has 2 aromatic heterocycles. The van der Waals surface area contributed by atoms with Gasteiger partial charge in [-0.15, -0.1) is 15.3 Å². The number of aromatic amines is 1. The minimum Gasteiger partial charge on any atom is -0.264 e. The lowest BCUT2D eigenvalue weighted by Gasteiger charge is -2.08. The van der Waals surface area contributed by atoms with Gasteiger partial charge in [0.2, 0.25) is 11.6 Å². The highest BCUT2D eigenvalue weighted by Crippen LogP contribution is 2.29. The van der Waals surface area contributed by atoms with Crippen LogP contribution in [0.2, 0.25) is 0 Å². The Kier molecular flexibility index (Phi) is 6.56. The summed E-state index contributed by atoms with van der Waals surface area (Å²) in [7, 11) is 0. The van der Waals surface area contributed by atoms with Gasteiger partial charge in [-0.3, -0.25) is 4.57 Å². The highest BCUT2D eigenvalue weighted by atomic mass is 16.2. The molecule has 0 aliphatic carbocycles. The van der Waals surface area contributed by atoms with Crippen LogP contribution in [-0.4, -0.2) is 35.0 Å². The number of nitrogens with zero attached hydrogens (tertiary/aromatic N) is 6. The first-order valence-corrected chi connectivity index (χ1v) is 10.8. The molecule has 0 aliphatic rings. The molecule has 0 saturated carbocycles. The van der Waals surface area contributed by atoms with Crippen LogP contribution in [0.4, 0.5) is 0 Å². The number of benzene rings is 2. The molecule has 0 bridgehead atoms. The van der Waals surface area contributed by atoms with Crippen molar-refractivity contribution in [3.8, 4) is 34.4 Å². The van der Waals surface area contributed by atoms with Crippen LogP contribution in [0.3, 0.4) is 0 Å². The Balaban J connectivity index is 1.63. The second-order valence-corrected chi connectivity index (χ2v) is 7.40. The third-order valence-electron chi connectivity index (χ3n) is 5.14. The van der Waals surface area contributed by atoms with Gasteiger partial charge in [0.1, 0.15) is 0 Å². The maximum Gasteiger partial charge on any atom is 0.347 e. The SMILES string of the molecule is CCC#Cc1nn(CCCC)c(=O)n1Cc1ccc(-c2ccccc2-c2nn[nH]n2)cc1. The Hall–Kier alpha value is -3.99. The highest BCUT2D eigenvalue weighted by molar-refractivity contribution is 5.80. The van der Waals surface area contributed by atoms with Crippen LogP contribution in [0.25, 0.3) is 22.5 Å². The largest absolute Gasteiger partial charge is 0.347 e. The zero-order valence-corrected chi connectivity index (χ0v) is 18.2. The van der Waals surface area contributed by atoms with Crippen molar-refractivity contribution in [3.05, 3.63) is 70.4 Å². The van der Waals surface area contributed by atoms with E-state index in [4.69, 9.17) is 0 Å². The summed E-state index contributed by atoms with van der Waals surface area (Å²) in [6.07, 6.45) is 2.62. The molecule has 162 valence electrons. The normalized spacial score (nSPS) is 10.7. The van der Waals surface area contributed by atoms with Gasteiger partial charge < -0.3 is 0 Å². The predicted octanol–water partition coefficient (Wildman–Crippen LogP) is 3.50. The fourth-order valence-corrected chi connectivity index (χ4v) is 3.48. The number of aryl methyl sites for hydroxylation is 1. The molecular formula is C24H25N7O. The molecule has 0 saturated heterocycles. The fraction of sp³-hybridized carbons (Fsp3) is 0.292. The summed E-state index contributed by atoms with van der Waals surface area (Å²) in [4.78, 5) is 12.9. The third-order valence-corrected chi connectivity index (χ3v) is 5.14. The Bertz CT molecular complexity index is 1290. The summed E-state index contributed by atoms with van der Waals surface area (Å²) >= 11 is 0. The van der Waals surface area contributed by atoms with Crippen LogP contribution in [0.5, 0.6) is 0 Å². The number of hydrogen-bond acceptors (Lipinski definition) is 5. The topological polar surface area (TPSA) is 94.3 Å². The molecule has 0 unspecified atom stereocenters. The van der Waals surface area contributed by atoms with Crippen molar-refractivity contribution in [1.82, 2.24) is 35.0 Å². The van der Waals surface area contributed by atoms with Gasteiger partial charge in [-0.25, -0.2) is 9.48 Å². The van der Waals surface area contributed by atoms with E-state index >= 15 is 0 Å². The second-order valence-electron chi connectivity index (χ2n) is 7.40. The molecule has 0 fully saturated rings. The van der Waals surface area contributed by atoms with E-state index in [1.165, 1.54) is 4.68 Å². The summed E-state index contributed by atoms with van der Waals surface area (Å²) in [6, 6.07) is 16.1. The van der Waals surface area contributed by atoms with Crippen LogP contribution in [0.15, 0.2) is 53.3 Å². The quantitative estimate of drug-likeness (QED) is 0.456. The van der Waals surface area contributed by atoms with Crippen molar-refractivity contribution >= 4 is 0 Å². The molecule has 8 nitrogen and oxygen atoms in total. The smallest absolute Gasteiger partial charge is 0.264 e. The van der Waals surface area contributed by atoms with E-state index in [0.29, 0.717) is 31.2 Å². The van der Waals surface area contributed by atoms with Gasteiger partial charge in [0.05, 0.1) is 6.54 Å². The van der Waals surface area contributed by atoms with E-state index in [1.54, 1.807) is 4.57 Å². The molecular weight excluding hydrogens is 402 g/mol. The maximum atomic E-state index is 12.9. The van der Waals surface area contributed by atoms with Crippen LogP contribution >= 0.6 is 0 Å². The fourth-order valence-electron chi connectivity index (χ4n) is 3.48. The minimum atomic E-state index is -0.120. The number of H-pyrrole nitrogens is 1. The number of tetrazole rings is 1. The number of rotatable bonds is 7. The first kappa shape index (κ1) is 21.2. The van der Waals surface area contributed by atoms with Gasteiger partial charge in [0.15, 0.2) is 0 Å². The molecule has 0 spiro atoms. The van der Waals surface area contributed by atoms with Crippen molar-refractivity contribution in [2.45, 2.75) is 46.2 Å². The minimum absolute atomic E-state index is 0.120. The summed E-state index contributed by atoms with van der Waals surface area (Å²) < 4.78 is 3.18. The monoisotopic (exact) mass is 427 g/mol. The average Bonchev–Trinajstić information content (AvgIpc) is 3.46. The third kappa shape index (κ3) is 4.52. The van der Waals surface area contributed by atoms with Crippen LogP contribution in [-0.2, 0) is 13.1 Å². The van der Waals surface area contributed by atoms with Crippen molar-refractivity contribution in [2.75, 3.05) is 0 Å². The number of aromatic nitrogens is 7. The van der Waals surface area contributed by atoms with Gasteiger partial charge in [0.25, 0.3) is 0 Å². The Morgan fingerprint density at radius 3 is 2.50 bits per heavy atom. The lowest BCUT2D eigenvalue weighted by molar-refractivity contribution is 0.545. The molecule has 0 amide bonds. The van der Waals surface area contributed by atoms with Gasteiger partial charge in [0, 0.05) is 18.5 Å². The zero-order chi connectivity index (χ0) is 22.3. The first-order valence-electron chi connectivity index (χ1n) is 10.8. The molecule has 0 radical (unpaired) electrons. The predicted molar refractivity (Wildman–Crippen MR) is 123 cm³/mol. The summed E-state index contributed by atoms with van der Waals surface area (Å²) in [5, 5.41) is 18.8. The van der Waals surface area contributed by atoms with Gasteiger partial charge >= 0.3 is 5.69 Å². The molecule has 0 aliphatic heterocycles. The van der Waals surface area contributed by atoms with Gasteiger partial charge in [-0.2, -0.15) is 5.21 Å². The molecule has 4 aromatic rings. The van der Waals surface area contributed by atoms with Gasteiger partial charge in [-0.05, 0) is 34.2 Å². The number of nitrogens with one attached hydrogen (secondary N) is 1. The average molecular weight is 428 g/mol. The van der Waals surface area contributed by atoms with E-state index in [9.17, 15) is 4.79 Å². The van der Waals surface area contributed by atoms with E-state index in [-0.39, 0.29) is 5.69 Å². The standard InChI is InChI=1S/C24H25N7O/c1-3-5-11-22-27-31(16-6-4-2)24(32)30(22)17-18-12-14-19(15-13-18)20-9-7-8-10-21(20)23-25-28-29-26-23/h7-10,12-15H,3-4,6,16-17H2,1-2H3,(H,25,26,28,29). The van der Waals surface area contributed by atoms with E-state index in [0.717, 1.165) is 35.1 Å². The molecule has 1 N–H and O–H groups in total. The number of unbranched alkanes of at least 4 members (excludes halogenated alkanes) is 1. The summed E-state index contributed by atoms with van der Waals surface area (Å²) in [5.74, 6) is 7.14. The van der Waals surface area contributed by atoms with E-state index in [2.05, 4.69) is 44.5 Å². The Morgan fingerprint density at radius 1 is 1.03 bits per heavy atom. The molecule has 2 aromatic carbocycles. The zero-order valence-electron chi connectivity index (χ0n) is 18.2. The van der Waals surface area contributed by atoms with E-state index < -0.39 is 0 Å². The van der Waals surface area contributed by atoms with Crippen LogP contribution < -0.4 is 5.69 Å². The second kappa shape index (κ2) is 9.88. The molecule has 4 rings (SSSR count). The summed E-state index contributed by atoms with van der Waals surface area (Å²) in [5.41, 5.74) is 3.83. The highest BCUT2D eigenvalue weighted by Gasteiger charge is 2.13. The Morgan fingerprint density at radius 2 is 1.81 bits per heavy atom. The Labute approximate surface area is 186 Å². The van der Waals surface area contributed by atoms with Crippen molar-refractivity contribution in [3.63, 3.8) is 0 Å². The molecule has 32 heavy (non-hydrogen) atoms. The molecule has 2 heterocycles. The molecule has 0 atom stereocenters. The maximum absolute atomic E-state index is 12.9. The molecule has 8 heteroatoms. The first-order chi connectivity index (χ1) is 15.7. The lowest BCUT2D eigenvalue weighted by atomic mass is 9.98. The summed E-state index contributed by atoms with van der Waals surface area (Å²) in [6.45, 7) is 5.10. The van der Waals surface area contributed by atoms with Gasteiger partial charge in [-0.1, -0.05) is 74.7 Å². The van der Waals surface area contributed by atoms with E-state index in [1.807, 2.05) is 55.5 Å².